The van der Waals surface area contributed by atoms with Crippen molar-refractivity contribution in [2.75, 3.05) is 12.8 Å². The molecule has 0 aliphatic heterocycles. The lowest BCUT2D eigenvalue weighted by Gasteiger charge is -2.11. The highest BCUT2D eigenvalue weighted by molar-refractivity contribution is 5.85. The Kier molecular flexibility index (Phi) is 3.96. The van der Waals surface area contributed by atoms with Gasteiger partial charge in [-0.2, -0.15) is 0 Å². The molecule has 2 N–H and O–H groups in total. The van der Waals surface area contributed by atoms with E-state index in [0.717, 1.165) is 35.2 Å². The Morgan fingerprint density at radius 1 is 1.05 bits per heavy atom. The summed E-state index contributed by atoms with van der Waals surface area (Å²) in [6.45, 7) is 2.13. The maximum atomic E-state index is 5.75. The molecule has 3 rings (SSSR count). The molecule has 0 radical (unpaired) electrons. The number of fused-ring (bicyclic) bond motifs is 1. The molecule has 3 aromatic rings. The maximum Gasteiger partial charge on any atom is 0.122 e. The molecule has 0 fully saturated rings. The fraction of sp³-hybridized carbons (Fsp3) is 0.211. The van der Waals surface area contributed by atoms with Gasteiger partial charge in [0.25, 0.3) is 0 Å². The number of aromatic nitrogens is 1. The number of nitrogen functional groups attached to an aromatic ring is 1. The van der Waals surface area contributed by atoms with Crippen LogP contribution in [-0.4, -0.2) is 12.1 Å². The lowest BCUT2D eigenvalue weighted by atomic mass is 9.99. The van der Waals surface area contributed by atoms with Crippen LogP contribution in [0, 0.1) is 0 Å². The molecule has 0 aliphatic rings. The number of hydrogen-bond donors (Lipinski definition) is 1. The second kappa shape index (κ2) is 6.06. The number of nitrogens with two attached hydrogens (primary N) is 1. The summed E-state index contributed by atoms with van der Waals surface area (Å²) in [7, 11) is 1.72. The van der Waals surface area contributed by atoms with Crippen LogP contribution in [0.25, 0.3) is 10.9 Å². The zero-order valence-electron chi connectivity index (χ0n) is 13.0. The third kappa shape index (κ3) is 2.75. The molecule has 1 aromatic heterocycles. The Morgan fingerprint density at radius 3 is 2.50 bits per heavy atom. The van der Waals surface area contributed by atoms with E-state index in [9.17, 15) is 0 Å². The molecule has 0 aliphatic carbocycles. The molecule has 0 amide bonds. The van der Waals surface area contributed by atoms with E-state index in [0.29, 0.717) is 0 Å². The SMILES string of the molecule is CCc1cc2nccc(Cc3ccc(N)cc3)c2cc1OC. The molecular weight excluding hydrogens is 272 g/mol. The van der Waals surface area contributed by atoms with Crippen molar-refractivity contribution >= 4 is 16.6 Å². The van der Waals surface area contributed by atoms with Crippen LogP contribution in [0.1, 0.15) is 23.6 Å². The predicted molar refractivity (Wildman–Crippen MR) is 91.3 cm³/mol. The van der Waals surface area contributed by atoms with Crippen LogP contribution in [0.4, 0.5) is 5.69 Å². The Labute approximate surface area is 130 Å². The number of anilines is 1. The van der Waals surface area contributed by atoms with E-state index in [-0.39, 0.29) is 0 Å². The van der Waals surface area contributed by atoms with Crippen molar-refractivity contribution in [1.82, 2.24) is 4.98 Å². The summed E-state index contributed by atoms with van der Waals surface area (Å²) in [6.07, 6.45) is 3.66. The first-order valence-corrected chi connectivity index (χ1v) is 7.50. The number of methoxy groups -OCH3 is 1. The average molecular weight is 292 g/mol. The summed E-state index contributed by atoms with van der Waals surface area (Å²) in [5, 5.41) is 1.15. The quantitative estimate of drug-likeness (QED) is 0.740. The highest BCUT2D eigenvalue weighted by Crippen LogP contribution is 2.28. The van der Waals surface area contributed by atoms with Crippen LogP contribution in [0.15, 0.2) is 48.7 Å². The first-order chi connectivity index (χ1) is 10.7. The van der Waals surface area contributed by atoms with E-state index in [1.54, 1.807) is 7.11 Å². The van der Waals surface area contributed by atoms with Crippen LogP contribution in [0.3, 0.4) is 0 Å². The van der Waals surface area contributed by atoms with Crippen LogP contribution < -0.4 is 10.5 Å². The highest BCUT2D eigenvalue weighted by Gasteiger charge is 2.09. The topological polar surface area (TPSA) is 48.1 Å². The molecule has 1 heterocycles. The van der Waals surface area contributed by atoms with Crippen molar-refractivity contribution in [1.29, 1.82) is 0 Å². The van der Waals surface area contributed by atoms with Gasteiger partial charge in [0.15, 0.2) is 0 Å². The van der Waals surface area contributed by atoms with Gasteiger partial charge in [0, 0.05) is 17.3 Å². The Hall–Kier alpha value is -2.55. The molecule has 2 aromatic carbocycles. The van der Waals surface area contributed by atoms with E-state index in [1.165, 1.54) is 16.7 Å². The number of ether oxygens (including phenoxy) is 1. The van der Waals surface area contributed by atoms with E-state index >= 15 is 0 Å². The van der Waals surface area contributed by atoms with Gasteiger partial charge in [0.05, 0.1) is 12.6 Å². The van der Waals surface area contributed by atoms with Crippen LogP contribution >= 0.6 is 0 Å². The number of rotatable bonds is 4. The summed E-state index contributed by atoms with van der Waals surface area (Å²) >= 11 is 0. The number of pyridine rings is 1. The first kappa shape index (κ1) is 14.4. The van der Waals surface area contributed by atoms with E-state index < -0.39 is 0 Å². The third-order valence-electron chi connectivity index (χ3n) is 3.99. The lowest BCUT2D eigenvalue weighted by Crippen LogP contribution is -1.96. The van der Waals surface area contributed by atoms with E-state index in [2.05, 4.69) is 42.2 Å². The molecule has 0 unspecified atom stereocenters. The van der Waals surface area contributed by atoms with Gasteiger partial charge in [-0.05, 0) is 59.9 Å². The molecule has 0 saturated carbocycles. The standard InChI is InChI=1S/C19H20N2O/c1-3-14-11-18-17(12-19(14)22-2)15(8-9-21-18)10-13-4-6-16(20)7-5-13/h4-9,11-12H,3,10,20H2,1-2H3. The summed E-state index contributed by atoms with van der Waals surface area (Å²) in [6, 6.07) is 14.3. The van der Waals surface area contributed by atoms with Gasteiger partial charge < -0.3 is 10.5 Å². The minimum Gasteiger partial charge on any atom is -0.496 e. The van der Waals surface area contributed by atoms with Gasteiger partial charge in [-0.15, -0.1) is 0 Å². The summed E-state index contributed by atoms with van der Waals surface area (Å²) < 4.78 is 5.52. The molecule has 22 heavy (non-hydrogen) atoms. The summed E-state index contributed by atoms with van der Waals surface area (Å²) in [5.74, 6) is 0.932. The molecular formula is C19H20N2O. The van der Waals surface area contributed by atoms with Gasteiger partial charge >= 0.3 is 0 Å². The fourth-order valence-corrected chi connectivity index (χ4v) is 2.75. The monoisotopic (exact) mass is 292 g/mol. The van der Waals surface area contributed by atoms with Gasteiger partial charge in [-0.25, -0.2) is 0 Å². The lowest BCUT2D eigenvalue weighted by molar-refractivity contribution is 0.411. The predicted octanol–water partition coefficient (Wildman–Crippen LogP) is 3.98. The molecule has 0 spiro atoms. The Morgan fingerprint density at radius 2 is 1.82 bits per heavy atom. The van der Waals surface area contributed by atoms with Crippen LogP contribution in [0.2, 0.25) is 0 Å². The van der Waals surface area contributed by atoms with Crippen molar-refractivity contribution in [3.63, 3.8) is 0 Å². The third-order valence-corrected chi connectivity index (χ3v) is 3.99. The second-order valence-corrected chi connectivity index (χ2v) is 5.42. The fourth-order valence-electron chi connectivity index (χ4n) is 2.75. The number of aryl methyl sites for hydroxylation is 1. The van der Waals surface area contributed by atoms with Crippen molar-refractivity contribution < 1.29 is 4.74 Å². The van der Waals surface area contributed by atoms with Gasteiger partial charge in [0.1, 0.15) is 5.75 Å². The minimum atomic E-state index is 0.789. The molecule has 112 valence electrons. The highest BCUT2D eigenvalue weighted by atomic mass is 16.5. The molecule has 0 bridgehead atoms. The smallest absolute Gasteiger partial charge is 0.122 e. The van der Waals surface area contributed by atoms with Gasteiger partial charge in [-0.1, -0.05) is 19.1 Å². The molecule has 0 saturated heterocycles. The minimum absolute atomic E-state index is 0.789. The Bertz CT molecular complexity index is 794. The van der Waals surface area contributed by atoms with E-state index in [4.69, 9.17) is 10.5 Å². The van der Waals surface area contributed by atoms with Crippen LogP contribution in [0.5, 0.6) is 5.75 Å². The van der Waals surface area contributed by atoms with Crippen molar-refractivity contribution in [2.45, 2.75) is 19.8 Å². The zero-order valence-corrected chi connectivity index (χ0v) is 13.0. The normalized spacial score (nSPS) is 10.8. The zero-order chi connectivity index (χ0) is 15.5. The van der Waals surface area contributed by atoms with Gasteiger partial charge in [0.2, 0.25) is 0 Å². The second-order valence-electron chi connectivity index (χ2n) is 5.42. The molecule has 0 atom stereocenters. The Balaban J connectivity index is 2.07. The molecule has 3 nitrogen and oxygen atoms in total. The van der Waals surface area contributed by atoms with Crippen molar-refractivity contribution in [2.24, 2.45) is 0 Å². The molecule has 3 heteroatoms. The van der Waals surface area contributed by atoms with Gasteiger partial charge in [-0.3, -0.25) is 4.98 Å². The van der Waals surface area contributed by atoms with E-state index in [1.807, 2.05) is 18.3 Å². The summed E-state index contributed by atoms with van der Waals surface area (Å²) in [4.78, 5) is 4.51. The van der Waals surface area contributed by atoms with Crippen molar-refractivity contribution in [3.8, 4) is 5.75 Å². The number of hydrogen-bond acceptors (Lipinski definition) is 3. The number of nitrogens with zero attached hydrogens (tertiary/aromatic N) is 1. The first-order valence-electron chi connectivity index (χ1n) is 7.50. The van der Waals surface area contributed by atoms with Crippen molar-refractivity contribution in [3.05, 3.63) is 65.4 Å². The largest absolute Gasteiger partial charge is 0.496 e. The van der Waals surface area contributed by atoms with Crippen LogP contribution in [-0.2, 0) is 12.8 Å². The number of benzene rings is 2. The summed E-state index contributed by atoms with van der Waals surface area (Å²) in [5.41, 5.74) is 11.2. The average Bonchev–Trinajstić information content (AvgIpc) is 2.56. The maximum absolute atomic E-state index is 5.75.